The highest BCUT2D eigenvalue weighted by Gasteiger charge is 1.92. The van der Waals surface area contributed by atoms with Gasteiger partial charge in [-0.15, -0.1) is 5.10 Å². The number of benzene rings is 1. The van der Waals surface area contributed by atoms with Crippen molar-refractivity contribution in [1.82, 2.24) is 14.9 Å². The van der Waals surface area contributed by atoms with Crippen LogP contribution >= 0.6 is 0 Å². The minimum Gasteiger partial charge on any atom is -0.391 e. The molecule has 0 saturated carbocycles. The molecule has 0 bridgehead atoms. The first-order chi connectivity index (χ1) is 6.45. The Balaban J connectivity index is 1.94. The monoisotopic (exact) mass is 175 g/mol. The third kappa shape index (κ3) is 2.05. The Labute approximate surface area is 75.7 Å². The molecule has 1 aromatic carbocycles. The van der Waals surface area contributed by atoms with Gasteiger partial charge >= 0.3 is 0 Å². The Kier molecular flexibility index (Phi) is 2.22. The SMILES string of the molecule is c1ccc(COn2cncn2)cc1. The molecule has 0 saturated heterocycles. The highest BCUT2D eigenvalue weighted by Crippen LogP contribution is 1.97. The fourth-order valence-electron chi connectivity index (χ4n) is 0.979. The quantitative estimate of drug-likeness (QED) is 0.696. The van der Waals surface area contributed by atoms with Gasteiger partial charge in [0, 0.05) is 0 Å². The van der Waals surface area contributed by atoms with Crippen LogP contribution in [0.3, 0.4) is 0 Å². The van der Waals surface area contributed by atoms with Crippen molar-refractivity contribution in [3.63, 3.8) is 0 Å². The van der Waals surface area contributed by atoms with Gasteiger partial charge in [-0.25, -0.2) is 4.98 Å². The molecule has 0 aliphatic carbocycles. The zero-order valence-corrected chi connectivity index (χ0v) is 7.00. The van der Waals surface area contributed by atoms with Gasteiger partial charge in [0.2, 0.25) is 0 Å². The summed E-state index contributed by atoms with van der Waals surface area (Å²) < 4.78 is 0. The van der Waals surface area contributed by atoms with Crippen LogP contribution in [0.1, 0.15) is 5.56 Å². The standard InChI is InChI=1S/C9H9N3O/c1-2-4-9(5-3-1)6-13-12-8-10-7-11-12/h1-5,7-8H,6H2. The molecule has 0 aliphatic rings. The molecule has 66 valence electrons. The second-order valence-corrected chi connectivity index (χ2v) is 2.56. The first-order valence-electron chi connectivity index (χ1n) is 3.97. The lowest BCUT2D eigenvalue weighted by molar-refractivity contribution is 0.0693. The molecule has 4 heteroatoms. The summed E-state index contributed by atoms with van der Waals surface area (Å²) >= 11 is 0. The zero-order valence-electron chi connectivity index (χ0n) is 7.00. The van der Waals surface area contributed by atoms with E-state index >= 15 is 0 Å². The summed E-state index contributed by atoms with van der Waals surface area (Å²) in [6.07, 6.45) is 2.95. The summed E-state index contributed by atoms with van der Waals surface area (Å²) in [5, 5.41) is 3.81. The molecule has 0 unspecified atom stereocenters. The summed E-state index contributed by atoms with van der Waals surface area (Å²) in [6.45, 7) is 0.504. The lowest BCUT2D eigenvalue weighted by Crippen LogP contribution is -2.11. The van der Waals surface area contributed by atoms with Crippen molar-refractivity contribution in [3.8, 4) is 0 Å². The third-order valence-electron chi connectivity index (χ3n) is 1.60. The summed E-state index contributed by atoms with van der Waals surface area (Å²) in [7, 11) is 0. The van der Waals surface area contributed by atoms with Gasteiger partial charge in [-0.2, -0.15) is 0 Å². The van der Waals surface area contributed by atoms with Crippen molar-refractivity contribution in [2.24, 2.45) is 0 Å². The topological polar surface area (TPSA) is 39.9 Å². The van der Waals surface area contributed by atoms with Crippen molar-refractivity contribution < 1.29 is 4.84 Å². The van der Waals surface area contributed by atoms with Crippen LogP contribution in [0.5, 0.6) is 0 Å². The molecule has 1 heterocycles. The molecule has 0 spiro atoms. The maximum absolute atomic E-state index is 5.28. The van der Waals surface area contributed by atoms with Crippen molar-refractivity contribution in [1.29, 1.82) is 0 Å². The Morgan fingerprint density at radius 1 is 1.23 bits per heavy atom. The molecule has 0 aliphatic heterocycles. The molecule has 0 radical (unpaired) electrons. The highest BCUT2D eigenvalue weighted by molar-refractivity contribution is 5.13. The summed E-state index contributed by atoms with van der Waals surface area (Å²) in [5.74, 6) is 0. The van der Waals surface area contributed by atoms with Crippen molar-refractivity contribution in [2.75, 3.05) is 0 Å². The molecule has 13 heavy (non-hydrogen) atoms. The van der Waals surface area contributed by atoms with Crippen LogP contribution in [0.2, 0.25) is 0 Å². The maximum Gasteiger partial charge on any atom is 0.155 e. The lowest BCUT2D eigenvalue weighted by atomic mass is 10.2. The van der Waals surface area contributed by atoms with Gasteiger partial charge < -0.3 is 4.84 Å². The van der Waals surface area contributed by atoms with Crippen LogP contribution in [-0.2, 0) is 6.61 Å². The minimum atomic E-state index is 0.504. The number of hydrogen-bond acceptors (Lipinski definition) is 3. The fraction of sp³-hybridized carbons (Fsp3) is 0.111. The van der Waals surface area contributed by atoms with Crippen LogP contribution in [0.25, 0.3) is 0 Å². The first-order valence-corrected chi connectivity index (χ1v) is 3.97. The van der Waals surface area contributed by atoms with Crippen molar-refractivity contribution >= 4 is 0 Å². The van der Waals surface area contributed by atoms with Crippen LogP contribution in [0, 0.1) is 0 Å². The van der Waals surface area contributed by atoms with Gasteiger partial charge in [-0.05, 0) is 5.56 Å². The number of nitrogens with zero attached hydrogens (tertiary/aromatic N) is 3. The minimum absolute atomic E-state index is 0.504. The van der Waals surface area contributed by atoms with E-state index in [0.29, 0.717) is 6.61 Å². The Bertz CT molecular complexity index is 344. The number of aromatic nitrogens is 3. The molecular formula is C9H9N3O. The van der Waals surface area contributed by atoms with Crippen LogP contribution < -0.4 is 4.84 Å². The van der Waals surface area contributed by atoms with E-state index in [1.807, 2.05) is 30.3 Å². The largest absolute Gasteiger partial charge is 0.391 e. The van der Waals surface area contributed by atoms with Crippen LogP contribution in [0.15, 0.2) is 43.0 Å². The summed E-state index contributed by atoms with van der Waals surface area (Å²) in [5.41, 5.74) is 1.11. The molecule has 0 fully saturated rings. The molecule has 2 rings (SSSR count). The molecule has 0 amide bonds. The lowest BCUT2D eigenvalue weighted by Gasteiger charge is -2.02. The van der Waals surface area contributed by atoms with E-state index in [1.165, 1.54) is 17.5 Å². The van der Waals surface area contributed by atoms with Gasteiger partial charge in [-0.1, -0.05) is 35.2 Å². The number of hydrogen-bond donors (Lipinski definition) is 0. The average molecular weight is 175 g/mol. The van der Waals surface area contributed by atoms with Gasteiger partial charge in [0.1, 0.15) is 12.9 Å². The molecule has 2 aromatic rings. The normalized spacial score (nSPS) is 9.85. The predicted octanol–water partition coefficient (Wildman–Crippen LogP) is 0.907. The Morgan fingerprint density at radius 2 is 2.08 bits per heavy atom. The van der Waals surface area contributed by atoms with E-state index in [0.717, 1.165) is 5.56 Å². The van der Waals surface area contributed by atoms with E-state index in [-0.39, 0.29) is 0 Å². The Hall–Kier alpha value is -1.84. The van der Waals surface area contributed by atoms with Gasteiger partial charge in [-0.3, -0.25) is 0 Å². The fourth-order valence-corrected chi connectivity index (χ4v) is 0.979. The number of rotatable bonds is 3. The molecule has 0 N–H and O–H groups in total. The second-order valence-electron chi connectivity index (χ2n) is 2.56. The van der Waals surface area contributed by atoms with E-state index in [1.54, 1.807) is 0 Å². The van der Waals surface area contributed by atoms with Crippen molar-refractivity contribution in [3.05, 3.63) is 48.5 Å². The van der Waals surface area contributed by atoms with Crippen LogP contribution in [-0.4, -0.2) is 14.9 Å². The van der Waals surface area contributed by atoms with E-state index in [9.17, 15) is 0 Å². The smallest absolute Gasteiger partial charge is 0.155 e. The molecule has 1 aromatic heterocycles. The van der Waals surface area contributed by atoms with Gasteiger partial charge in [0.25, 0.3) is 0 Å². The van der Waals surface area contributed by atoms with E-state index in [4.69, 9.17) is 4.84 Å². The average Bonchev–Trinajstić information content (AvgIpc) is 2.69. The third-order valence-corrected chi connectivity index (χ3v) is 1.60. The molecule has 0 atom stereocenters. The Morgan fingerprint density at radius 3 is 2.77 bits per heavy atom. The first kappa shape index (κ1) is 7.79. The summed E-state index contributed by atoms with van der Waals surface area (Å²) in [6, 6.07) is 9.91. The highest BCUT2D eigenvalue weighted by atomic mass is 16.7. The van der Waals surface area contributed by atoms with E-state index < -0.39 is 0 Å². The zero-order chi connectivity index (χ0) is 8.93. The second kappa shape index (κ2) is 3.71. The van der Waals surface area contributed by atoms with Crippen LogP contribution in [0.4, 0.5) is 0 Å². The van der Waals surface area contributed by atoms with E-state index in [2.05, 4.69) is 10.1 Å². The van der Waals surface area contributed by atoms with Gasteiger partial charge in [0.15, 0.2) is 6.33 Å². The molecule has 4 nitrogen and oxygen atoms in total. The summed E-state index contributed by atoms with van der Waals surface area (Å²) in [4.78, 5) is 10.4. The van der Waals surface area contributed by atoms with Gasteiger partial charge in [0.05, 0.1) is 0 Å². The maximum atomic E-state index is 5.28. The van der Waals surface area contributed by atoms with Crippen molar-refractivity contribution in [2.45, 2.75) is 6.61 Å². The molecular weight excluding hydrogens is 166 g/mol. The predicted molar refractivity (Wildman–Crippen MR) is 46.7 cm³/mol.